The maximum atomic E-state index is 14.4. The van der Waals surface area contributed by atoms with Gasteiger partial charge in [0.1, 0.15) is 30.3 Å². The number of carboxylic acid groups (broad SMARTS) is 1. The van der Waals surface area contributed by atoms with Gasteiger partial charge in [-0.1, -0.05) is 110 Å². The molecular weight excluding hydrogens is 771 g/mol. The first kappa shape index (κ1) is 41.7. The summed E-state index contributed by atoms with van der Waals surface area (Å²) >= 11 is 1.26. The van der Waals surface area contributed by atoms with Crippen molar-refractivity contribution in [3.8, 4) is 11.1 Å². The van der Waals surface area contributed by atoms with Crippen LogP contribution in [0.15, 0.2) is 133 Å². The molecule has 59 heavy (non-hydrogen) atoms. The molecule has 302 valence electrons. The fraction of sp³-hybridized carbons (Fsp3) is 0.200. The highest BCUT2D eigenvalue weighted by atomic mass is 32.1. The van der Waals surface area contributed by atoms with Crippen molar-refractivity contribution in [2.75, 3.05) is 5.32 Å². The molecule has 0 saturated carbocycles. The minimum absolute atomic E-state index is 0.0121. The van der Waals surface area contributed by atoms with Crippen molar-refractivity contribution in [3.05, 3.63) is 155 Å². The molecule has 5 unspecified atom stereocenters. The summed E-state index contributed by atoms with van der Waals surface area (Å²) in [5.41, 5.74) is 4.18. The van der Waals surface area contributed by atoms with Crippen LogP contribution in [0.4, 0.5) is 5.69 Å². The molecule has 5 amide bonds. The summed E-state index contributed by atoms with van der Waals surface area (Å²) in [4.78, 5) is 82.1. The Bertz CT molecular complexity index is 2280. The highest BCUT2D eigenvalue weighted by Crippen LogP contribution is 2.24. The van der Waals surface area contributed by atoms with Crippen molar-refractivity contribution < 1.29 is 39.0 Å². The zero-order valence-corrected chi connectivity index (χ0v) is 32.6. The van der Waals surface area contributed by atoms with E-state index in [0.29, 0.717) is 21.6 Å². The van der Waals surface area contributed by atoms with E-state index in [4.69, 9.17) is 0 Å². The molecule has 14 heteroatoms. The van der Waals surface area contributed by atoms with Gasteiger partial charge in [-0.3, -0.25) is 24.0 Å². The largest absolute Gasteiger partial charge is 0.480 e. The second kappa shape index (κ2) is 19.5. The average molecular weight is 814 g/mol. The maximum absolute atomic E-state index is 14.4. The predicted octanol–water partition coefficient (Wildman–Crippen LogP) is 3.88. The standard InChI is InChI=1S/C45H43N5O8S/c1-27(38-13-8-22-59-38)40-44(56)48-35(24-29-14-18-32(19-15-29)31-11-6-3-7-12-31)41(53)47-34(23-28-9-4-2-5-10-28)42(54)49-36(45(57)58)25-30-16-20-33(21-17-30)46-43(55)37(51)26-39(52)50-40/h2-22,34-37,40,51H,1,23-26H2,(H,46,55)(H,47,53)(H,48,56)(H,49,54)(H,50,52)(H,57,58). The van der Waals surface area contributed by atoms with E-state index in [1.807, 2.05) is 54.6 Å². The molecule has 0 spiro atoms. The van der Waals surface area contributed by atoms with Gasteiger partial charge >= 0.3 is 5.97 Å². The van der Waals surface area contributed by atoms with E-state index < -0.39 is 72.2 Å². The van der Waals surface area contributed by atoms with Crippen molar-refractivity contribution in [3.63, 3.8) is 0 Å². The lowest BCUT2D eigenvalue weighted by Crippen LogP contribution is -2.59. The van der Waals surface area contributed by atoms with Crippen LogP contribution in [0.5, 0.6) is 0 Å². The summed E-state index contributed by atoms with van der Waals surface area (Å²) in [6, 6.07) is 30.0. The number of carbonyl (C=O) groups excluding carboxylic acids is 5. The number of thiophene rings is 1. The lowest BCUT2D eigenvalue weighted by molar-refractivity contribution is -0.142. The number of fused-ring (bicyclic) bond motifs is 18. The molecule has 13 nitrogen and oxygen atoms in total. The van der Waals surface area contributed by atoms with E-state index in [-0.39, 0.29) is 30.5 Å². The Balaban J connectivity index is 1.37. The Morgan fingerprint density at radius 3 is 1.81 bits per heavy atom. The van der Waals surface area contributed by atoms with Gasteiger partial charge in [-0.05, 0) is 57.0 Å². The number of aliphatic hydroxyl groups excluding tert-OH is 1. The molecule has 0 aliphatic carbocycles. The van der Waals surface area contributed by atoms with Crippen LogP contribution in [0, 0.1) is 0 Å². The minimum atomic E-state index is -1.81. The van der Waals surface area contributed by atoms with Crippen LogP contribution in [0.2, 0.25) is 0 Å². The second-order valence-electron chi connectivity index (χ2n) is 14.1. The number of benzene rings is 4. The third-order valence-corrected chi connectivity index (χ3v) is 10.7. The summed E-state index contributed by atoms with van der Waals surface area (Å²) < 4.78 is 0. The third kappa shape index (κ3) is 11.4. The monoisotopic (exact) mass is 813 g/mol. The molecule has 4 aromatic carbocycles. The van der Waals surface area contributed by atoms with Crippen LogP contribution in [-0.4, -0.2) is 76.0 Å². The van der Waals surface area contributed by atoms with Crippen LogP contribution in [0.25, 0.3) is 16.7 Å². The summed E-state index contributed by atoms with van der Waals surface area (Å²) in [6.07, 6.45) is -2.73. The normalized spacial score (nSPS) is 20.8. The highest BCUT2D eigenvalue weighted by molar-refractivity contribution is 7.11. The number of hydrogen-bond acceptors (Lipinski definition) is 8. The Morgan fingerprint density at radius 2 is 1.20 bits per heavy atom. The van der Waals surface area contributed by atoms with E-state index in [0.717, 1.165) is 11.1 Å². The molecule has 5 aromatic rings. The molecule has 0 fully saturated rings. The fourth-order valence-electron chi connectivity index (χ4n) is 6.56. The van der Waals surface area contributed by atoms with Gasteiger partial charge in [-0.15, -0.1) is 11.3 Å². The number of carbonyl (C=O) groups is 6. The average Bonchev–Trinajstić information content (AvgIpc) is 3.78. The van der Waals surface area contributed by atoms with Crippen molar-refractivity contribution in [1.29, 1.82) is 0 Å². The van der Waals surface area contributed by atoms with Crippen molar-refractivity contribution in [2.45, 2.75) is 56.0 Å². The van der Waals surface area contributed by atoms with Crippen LogP contribution >= 0.6 is 11.3 Å². The molecule has 3 heterocycles. The van der Waals surface area contributed by atoms with Crippen molar-refractivity contribution >= 4 is 58.1 Å². The number of hydrogen-bond donors (Lipinski definition) is 7. The zero-order chi connectivity index (χ0) is 41.9. The Labute approximate surface area is 344 Å². The van der Waals surface area contributed by atoms with E-state index in [9.17, 15) is 39.0 Å². The quantitative estimate of drug-likeness (QED) is 0.114. The fourth-order valence-corrected chi connectivity index (χ4v) is 7.29. The SMILES string of the molecule is C=C(c1cccs1)C1NC(=O)CC(O)C(=O)Nc2ccc(cc2)CC(C(=O)O)NC(=O)C(Cc2ccccc2)NC(=O)C(Cc2ccc(-c3ccccc3)cc2)NC1=O. The lowest BCUT2D eigenvalue weighted by Gasteiger charge is -2.27. The Hall–Kier alpha value is -6.90. The molecule has 5 atom stereocenters. The Kier molecular flexibility index (Phi) is 13.8. The zero-order valence-electron chi connectivity index (χ0n) is 31.8. The van der Waals surface area contributed by atoms with Crippen LogP contribution < -0.4 is 26.6 Å². The van der Waals surface area contributed by atoms with Crippen LogP contribution in [0.1, 0.15) is 28.0 Å². The smallest absolute Gasteiger partial charge is 0.326 e. The molecular formula is C45H43N5O8S. The molecule has 2 aliphatic heterocycles. The van der Waals surface area contributed by atoms with Gasteiger partial charge in [0.15, 0.2) is 0 Å². The summed E-state index contributed by atoms with van der Waals surface area (Å²) in [5.74, 6) is -5.41. The number of aliphatic carboxylic acids is 1. The number of amides is 5. The number of aliphatic hydroxyl groups is 1. The second-order valence-corrected chi connectivity index (χ2v) is 15.0. The van der Waals surface area contributed by atoms with Crippen molar-refractivity contribution in [1.82, 2.24) is 21.3 Å². The Morgan fingerprint density at radius 1 is 0.627 bits per heavy atom. The van der Waals surface area contributed by atoms with Gasteiger partial charge < -0.3 is 36.8 Å². The molecule has 2 bridgehead atoms. The maximum Gasteiger partial charge on any atom is 0.326 e. The van der Waals surface area contributed by atoms with Gasteiger partial charge in [-0.2, -0.15) is 0 Å². The first-order valence-electron chi connectivity index (χ1n) is 18.9. The topological polar surface area (TPSA) is 203 Å². The van der Waals surface area contributed by atoms with E-state index in [2.05, 4.69) is 33.2 Å². The van der Waals surface area contributed by atoms with Crippen molar-refractivity contribution in [2.24, 2.45) is 0 Å². The first-order valence-corrected chi connectivity index (χ1v) is 19.7. The number of rotatable bonds is 8. The molecule has 7 rings (SSSR count). The molecule has 1 aromatic heterocycles. The van der Waals surface area contributed by atoms with Crippen LogP contribution in [-0.2, 0) is 48.0 Å². The highest BCUT2D eigenvalue weighted by Gasteiger charge is 2.34. The predicted molar refractivity (Wildman–Crippen MR) is 224 cm³/mol. The minimum Gasteiger partial charge on any atom is -0.480 e. The number of anilines is 1. The lowest BCUT2D eigenvalue weighted by atomic mass is 9.98. The third-order valence-electron chi connectivity index (χ3n) is 9.76. The van der Waals surface area contributed by atoms with Crippen LogP contribution in [0.3, 0.4) is 0 Å². The first-order chi connectivity index (χ1) is 28.4. The summed E-state index contributed by atoms with van der Waals surface area (Å²) in [6.45, 7) is 4.07. The molecule has 0 saturated heterocycles. The van der Waals surface area contributed by atoms with Gasteiger partial charge in [0.25, 0.3) is 5.91 Å². The van der Waals surface area contributed by atoms with Gasteiger partial charge in [0.05, 0.1) is 6.42 Å². The van der Waals surface area contributed by atoms with E-state index in [1.165, 1.54) is 23.5 Å². The number of carboxylic acids is 1. The molecule has 7 N–H and O–H groups in total. The summed E-state index contributed by atoms with van der Waals surface area (Å²) in [5, 5.41) is 35.8. The van der Waals surface area contributed by atoms with E-state index in [1.54, 1.807) is 60.0 Å². The summed E-state index contributed by atoms with van der Waals surface area (Å²) in [7, 11) is 0. The van der Waals surface area contributed by atoms with E-state index >= 15 is 0 Å². The molecule has 2 aliphatic rings. The number of nitrogens with one attached hydrogen (secondary N) is 5. The van der Waals surface area contributed by atoms with Gasteiger partial charge in [0.2, 0.25) is 23.6 Å². The van der Waals surface area contributed by atoms with Gasteiger partial charge in [0, 0.05) is 29.8 Å². The molecule has 0 radical (unpaired) electrons. The van der Waals surface area contributed by atoms with Gasteiger partial charge in [-0.25, -0.2) is 4.79 Å².